The number of nitrogens with zero attached hydrogens (tertiary/aromatic N) is 2. The standard InChI is InChI=1S/C11H11N3/c1-14-8-13-7-10(14)11(12)9-5-3-2-4-6-9/h2-8,12H,1H3. The van der Waals surface area contributed by atoms with E-state index in [0.29, 0.717) is 5.71 Å². The zero-order valence-electron chi connectivity index (χ0n) is 7.94. The number of hydrogen-bond acceptors (Lipinski definition) is 2. The molecule has 0 aliphatic heterocycles. The summed E-state index contributed by atoms with van der Waals surface area (Å²) >= 11 is 0. The molecule has 2 aromatic rings. The number of rotatable bonds is 2. The molecule has 14 heavy (non-hydrogen) atoms. The highest BCUT2D eigenvalue weighted by molar-refractivity contribution is 6.09. The molecule has 1 aromatic carbocycles. The summed E-state index contributed by atoms with van der Waals surface area (Å²) in [7, 11) is 1.89. The number of aryl methyl sites for hydroxylation is 1. The van der Waals surface area contributed by atoms with Crippen molar-refractivity contribution >= 4 is 5.71 Å². The lowest BCUT2D eigenvalue weighted by Gasteiger charge is -2.03. The quantitative estimate of drug-likeness (QED) is 0.712. The van der Waals surface area contributed by atoms with Crippen molar-refractivity contribution in [2.45, 2.75) is 0 Å². The normalized spacial score (nSPS) is 10.1. The fraction of sp³-hybridized carbons (Fsp3) is 0.0909. The third kappa shape index (κ3) is 1.44. The van der Waals surface area contributed by atoms with Crippen LogP contribution in [0.5, 0.6) is 0 Å². The first-order chi connectivity index (χ1) is 6.79. The number of aromatic nitrogens is 2. The van der Waals surface area contributed by atoms with Crippen molar-refractivity contribution in [3.8, 4) is 0 Å². The van der Waals surface area contributed by atoms with E-state index in [1.165, 1.54) is 0 Å². The van der Waals surface area contributed by atoms with Crippen molar-refractivity contribution in [3.63, 3.8) is 0 Å². The first-order valence-corrected chi connectivity index (χ1v) is 4.39. The Morgan fingerprint density at radius 3 is 2.57 bits per heavy atom. The Balaban J connectivity index is 2.39. The van der Waals surface area contributed by atoms with Crippen LogP contribution in [0.15, 0.2) is 42.9 Å². The molecule has 2 rings (SSSR count). The van der Waals surface area contributed by atoms with Crippen LogP contribution in [0.1, 0.15) is 11.3 Å². The predicted octanol–water partition coefficient (Wildman–Crippen LogP) is 1.84. The highest BCUT2D eigenvalue weighted by Gasteiger charge is 2.06. The molecular weight excluding hydrogens is 174 g/mol. The molecule has 1 N–H and O–H groups in total. The van der Waals surface area contributed by atoms with Crippen molar-refractivity contribution in [2.75, 3.05) is 0 Å². The van der Waals surface area contributed by atoms with Gasteiger partial charge in [0, 0.05) is 12.6 Å². The number of hydrogen-bond donors (Lipinski definition) is 1. The van der Waals surface area contributed by atoms with Crippen molar-refractivity contribution in [1.82, 2.24) is 9.55 Å². The van der Waals surface area contributed by atoms with Gasteiger partial charge in [-0.15, -0.1) is 0 Å². The lowest BCUT2D eigenvalue weighted by molar-refractivity contribution is 0.901. The van der Waals surface area contributed by atoms with Gasteiger partial charge in [0.15, 0.2) is 0 Å². The summed E-state index contributed by atoms with van der Waals surface area (Å²) in [6.07, 6.45) is 3.40. The van der Waals surface area contributed by atoms with E-state index in [4.69, 9.17) is 5.41 Å². The smallest absolute Gasteiger partial charge is 0.0948 e. The van der Waals surface area contributed by atoms with Crippen molar-refractivity contribution in [1.29, 1.82) is 5.41 Å². The van der Waals surface area contributed by atoms with E-state index in [1.807, 2.05) is 41.9 Å². The minimum Gasteiger partial charge on any atom is -0.332 e. The maximum absolute atomic E-state index is 7.97. The Kier molecular flexibility index (Phi) is 2.14. The van der Waals surface area contributed by atoms with Crippen molar-refractivity contribution in [3.05, 3.63) is 54.1 Å². The highest BCUT2D eigenvalue weighted by Crippen LogP contribution is 2.07. The summed E-state index contributed by atoms with van der Waals surface area (Å²) in [5.74, 6) is 0. The third-order valence-electron chi connectivity index (χ3n) is 2.14. The van der Waals surface area contributed by atoms with Gasteiger partial charge in [0.2, 0.25) is 0 Å². The van der Waals surface area contributed by atoms with Crippen LogP contribution in [0.4, 0.5) is 0 Å². The molecule has 3 heteroatoms. The lowest BCUT2D eigenvalue weighted by Crippen LogP contribution is -2.06. The molecule has 3 nitrogen and oxygen atoms in total. The third-order valence-corrected chi connectivity index (χ3v) is 2.14. The Labute approximate surface area is 82.5 Å². The van der Waals surface area contributed by atoms with Crippen molar-refractivity contribution < 1.29 is 0 Å². The van der Waals surface area contributed by atoms with Crippen LogP contribution in [0.2, 0.25) is 0 Å². The Morgan fingerprint density at radius 2 is 2.00 bits per heavy atom. The Bertz CT molecular complexity index is 443. The molecule has 1 heterocycles. The van der Waals surface area contributed by atoms with E-state index in [-0.39, 0.29) is 0 Å². The van der Waals surface area contributed by atoms with Crippen molar-refractivity contribution in [2.24, 2.45) is 7.05 Å². The summed E-state index contributed by atoms with van der Waals surface area (Å²) in [5.41, 5.74) is 2.25. The second-order valence-corrected chi connectivity index (χ2v) is 3.13. The molecule has 0 amide bonds. The van der Waals surface area contributed by atoms with E-state index in [9.17, 15) is 0 Å². The average Bonchev–Trinajstić information content (AvgIpc) is 2.65. The van der Waals surface area contributed by atoms with Crippen LogP contribution in [0.25, 0.3) is 0 Å². The zero-order chi connectivity index (χ0) is 9.97. The van der Waals surface area contributed by atoms with Gasteiger partial charge < -0.3 is 4.57 Å². The fourth-order valence-corrected chi connectivity index (χ4v) is 1.35. The van der Waals surface area contributed by atoms with E-state index >= 15 is 0 Å². The van der Waals surface area contributed by atoms with Gasteiger partial charge in [-0.3, -0.25) is 5.41 Å². The molecule has 0 bridgehead atoms. The van der Waals surface area contributed by atoms with E-state index < -0.39 is 0 Å². The van der Waals surface area contributed by atoms with E-state index in [2.05, 4.69) is 4.98 Å². The lowest BCUT2D eigenvalue weighted by atomic mass is 10.1. The molecule has 70 valence electrons. The summed E-state index contributed by atoms with van der Waals surface area (Å²) in [6.45, 7) is 0. The maximum Gasteiger partial charge on any atom is 0.0948 e. The topological polar surface area (TPSA) is 41.7 Å². The summed E-state index contributed by atoms with van der Waals surface area (Å²) in [4.78, 5) is 3.99. The molecular formula is C11H11N3. The molecule has 1 aromatic heterocycles. The van der Waals surface area contributed by atoms with Gasteiger partial charge in [-0.05, 0) is 0 Å². The second-order valence-electron chi connectivity index (χ2n) is 3.13. The van der Waals surface area contributed by atoms with Crippen LogP contribution < -0.4 is 0 Å². The van der Waals surface area contributed by atoms with Gasteiger partial charge in [0.1, 0.15) is 0 Å². The zero-order valence-corrected chi connectivity index (χ0v) is 7.94. The minimum atomic E-state index is 0.505. The fourth-order valence-electron chi connectivity index (χ4n) is 1.35. The van der Waals surface area contributed by atoms with E-state index in [0.717, 1.165) is 11.3 Å². The molecule has 0 fully saturated rings. The Morgan fingerprint density at radius 1 is 1.29 bits per heavy atom. The number of nitrogens with one attached hydrogen (secondary N) is 1. The number of benzene rings is 1. The largest absolute Gasteiger partial charge is 0.332 e. The van der Waals surface area contributed by atoms with Crippen LogP contribution in [-0.4, -0.2) is 15.3 Å². The number of imidazole rings is 1. The summed E-state index contributed by atoms with van der Waals surface area (Å²) < 4.78 is 1.84. The van der Waals surface area contributed by atoms with Gasteiger partial charge in [-0.1, -0.05) is 30.3 Å². The molecule has 0 saturated heterocycles. The first-order valence-electron chi connectivity index (χ1n) is 4.39. The second kappa shape index (κ2) is 3.46. The summed E-state index contributed by atoms with van der Waals surface area (Å²) in [5, 5.41) is 7.97. The molecule has 0 radical (unpaired) electrons. The molecule has 0 saturated carbocycles. The predicted molar refractivity (Wildman–Crippen MR) is 55.6 cm³/mol. The first kappa shape index (κ1) is 8.69. The maximum atomic E-state index is 7.97. The Hall–Kier alpha value is -1.90. The van der Waals surface area contributed by atoms with Gasteiger partial charge >= 0.3 is 0 Å². The van der Waals surface area contributed by atoms with Gasteiger partial charge in [0.25, 0.3) is 0 Å². The average molecular weight is 185 g/mol. The van der Waals surface area contributed by atoms with Crippen LogP contribution in [0, 0.1) is 5.41 Å². The molecule has 0 unspecified atom stereocenters. The minimum absolute atomic E-state index is 0.505. The highest BCUT2D eigenvalue weighted by atomic mass is 15.0. The van der Waals surface area contributed by atoms with Crippen LogP contribution in [-0.2, 0) is 7.05 Å². The van der Waals surface area contributed by atoms with Gasteiger partial charge in [0.05, 0.1) is 23.9 Å². The van der Waals surface area contributed by atoms with E-state index in [1.54, 1.807) is 12.5 Å². The monoisotopic (exact) mass is 185 g/mol. The SMILES string of the molecule is Cn1cncc1C(=N)c1ccccc1. The van der Waals surface area contributed by atoms with Crippen LogP contribution >= 0.6 is 0 Å². The molecule has 0 aliphatic rings. The summed E-state index contributed by atoms with van der Waals surface area (Å²) in [6, 6.07) is 9.66. The molecule has 0 spiro atoms. The van der Waals surface area contributed by atoms with Gasteiger partial charge in [-0.2, -0.15) is 0 Å². The molecule has 0 atom stereocenters. The van der Waals surface area contributed by atoms with Crippen LogP contribution in [0.3, 0.4) is 0 Å². The van der Waals surface area contributed by atoms with Gasteiger partial charge in [-0.25, -0.2) is 4.98 Å². The molecule has 0 aliphatic carbocycles.